The maximum atomic E-state index is 14.0. The molecule has 3 aromatic rings. The number of likely N-dealkylation sites (tertiary alicyclic amines) is 1. The second-order valence-electron chi connectivity index (χ2n) is 10.9. The van der Waals surface area contributed by atoms with E-state index < -0.39 is 10.5 Å². The van der Waals surface area contributed by atoms with Crippen LogP contribution >= 0.6 is 0 Å². The molecule has 2 saturated heterocycles. The zero-order chi connectivity index (χ0) is 30.6. The highest BCUT2D eigenvalue weighted by molar-refractivity contribution is 5.98. The van der Waals surface area contributed by atoms with Crippen LogP contribution in [0.1, 0.15) is 34.3 Å². The van der Waals surface area contributed by atoms with Crippen LogP contribution in [-0.2, 0) is 16.0 Å². The molecule has 5 rings (SSSR count). The number of benzene rings is 3. The number of amides is 3. The van der Waals surface area contributed by atoms with E-state index >= 15 is 0 Å². The molecule has 3 aromatic carbocycles. The van der Waals surface area contributed by atoms with Crippen molar-refractivity contribution in [3.05, 3.63) is 99.6 Å². The SMILES string of the molecule is COc1ccccc1CCNC(=O)CN1CN(c2ccccc2)C2(CCN(C(=O)c3ccc(C)c([N+](=O)[O-])c3)CC2)C1=O. The van der Waals surface area contributed by atoms with Crippen molar-refractivity contribution in [3.8, 4) is 5.75 Å². The molecule has 2 fully saturated rings. The summed E-state index contributed by atoms with van der Waals surface area (Å²) in [6.07, 6.45) is 1.33. The minimum Gasteiger partial charge on any atom is -0.496 e. The summed E-state index contributed by atoms with van der Waals surface area (Å²) in [5, 5.41) is 14.3. The van der Waals surface area contributed by atoms with Crippen LogP contribution in [0.15, 0.2) is 72.8 Å². The zero-order valence-corrected chi connectivity index (χ0v) is 24.3. The highest BCUT2D eigenvalue weighted by Gasteiger charge is 2.54. The number of piperidine rings is 1. The average molecular weight is 586 g/mol. The molecular weight excluding hydrogens is 550 g/mol. The van der Waals surface area contributed by atoms with Gasteiger partial charge in [0.15, 0.2) is 0 Å². The Balaban J connectivity index is 1.27. The number of anilines is 1. The van der Waals surface area contributed by atoms with E-state index in [9.17, 15) is 24.5 Å². The number of nitrogens with one attached hydrogen (secondary N) is 1. The predicted molar refractivity (Wildman–Crippen MR) is 161 cm³/mol. The topological polar surface area (TPSA) is 125 Å². The molecule has 11 nitrogen and oxygen atoms in total. The van der Waals surface area contributed by atoms with E-state index in [0.29, 0.717) is 44.5 Å². The van der Waals surface area contributed by atoms with E-state index in [2.05, 4.69) is 5.32 Å². The molecular formula is C32H35N5O6. The fraction of sp³-hybridized carbons (Fsp3) is 0.344. The van der Waals surface area contributed by atoms with Gasteiger partial charge < -0.3 is 24.8 Å². The van der Waals surface area contributed by atoms with Gasteiger partial charge in [0.05, 0.1) is 18.7 Å². The standard InChI is InChI=1S/C32H35N5O6/c1-23-12-13-25(20-27(23)37(41)42)30(39)34-18-15-32(16-19-34)31(40)35(22-36(32)26-9-4-3-5-10-26)21-29(38)33-17-14-24-8-6-7-11-28(24)43-2/h3-13,20H,14-19,21-22H2,1-2H3,(H,33,38). The molecule has 0 atom stereocenters. The van der Waals surface area contributed by atoms with Gasteiger partial charge in [-0.1, -0.05) is 42.5 Å². The lowest BCUT2D eigenvalue weighted by Gasteiger charge is -2.43. The van der Waals surface area contributed by atoms with Gasteiger partial charge in [0, 0.05) is 42.5 Å². The number of methoxy groups -OCH3 is 1. The lowest BCUT2D eigenvalue weighted by Crippen LogP contribution is -2.57. The highest BCUT2D eigenvalue weighted by atomic mass is 16.6. The Labute approximate surface area is 250 Å². The van der Waals surface area contributed by atoms with Gasteiger partial charge in [-0.15, -0.1) is 0 Å². The van der Waals surface area contributed by atoms with Gasteiger partial charge in [-0.2, -0.15) is 0 Å². The van der Waals surface area contributed by atoms with Crippen LogP contribution in [0.5, 0.6) is 5.75 Å². The van der Waals surface area contributed by atoms with Crippen LogP contribution in [0.3, 0.4) is 0 Å². The summed E-state index contributed by atoms with van der Waals surface area (Å²) in [6, 6.07) is 21.7. The largest absolute Gasteiger partial charge is 0.496 e. The number of nitro groups is 1. The number of nitrogens with zero attached hydrogens (tertiary/aromatic N) is 4. The number of nitro benzene ring substituents is 1. The Morgan fingerprint density at radius 1 is 1.02 bits per heavy atom. The highest BCUT2D eigenvalue weighted by Crippen LogP contribution is 2.39. The lowest BCUT2D eigenvalue weighted by molar-refractivity contribution is -0.385. The van der Waals surface area contributed by atoms with Crippen LogP contribution in [0.25, 0.3) is 0 Å². The number of rotatable bonds is 9. The number of ether oxygens (including phenoxy) is 1. The summed E-state index contributed by atoms with van der Waals surface area (Å²) in [5.41, 5.74) is 1.57. The Bertz CT molecular complexity index is 1520. The molecule has 2 aliphatic heterocycles. The average Bonchev–Trinajstić information content (AvgIpc) is 3.28. The molecule has 3 amide bonds. The second-order valence-corrected chi connectivity index (χ2v) is 10.9. The number of hydrogen-bond donors (Lipinski definition) is 1. The minimum atomic E-state index is -0.908. The zero-order valence-electron chi connectivity index (χ0n) is 24.3. The first kappa shape index (κ1) is 29.6. The number of aryl methyl sites for hydroxylation is 1. The van der Waals surface area contributed by atoms with E-state index in [1.54, 1.807) is 36.0 Å². The molecule has 2 aliphatic rings. The molecule has 1 N–H and O–H groups in total. The van der Waals surface area contributed by atoms with Gasteiger partial charge in [0.25, 0.3) is 17.5 Å². The van der Waals surface area contributed by atoms with Crippen molar-refractivity contribution in [1.29, 1.82) is 0 Å². The van der Waals surface area contributed by atoms with E-state index in [-0.39, 0.29) is 42.2 Å². The van der Waals surface area contributed by atoms with Gasteiger partial charge >= 0.3 is 0 Å². The Morgan fingerprint density at radius 2 is 1.72 bits per heavy atom. The van der Waals surface area contributed by atoms with Crippen molar-refractivity contribution >= 4 is 29.1 Å². The van der Waals surface area contributed by atoms with Gasteiger partial charge in [-0.3, -0.25) is 24.5 Å². The fourth-order valence-corrected chi connectivity index (χ4v) is 6.00. The summed E-state index contributed by atoms with van der Waals surface area (Å²) in [7, 11) is 1.61. The number of carbonyl (C=O) groups is 3. The Hall–Kier alpha value is -4.93. The summed E-state index contributed by atoms with van der Waals surface area (Å²) in [5.74, 6) is 0.0643. The molecule has 0 saturated carbocycles. The second kappa shape index (κ2) is 12.5. The van der Waals surface area contributed by atoms with Crippen molar-refractivity contribution in [3.63, 3.8) is 0 Å². The van der Waals surface area contributed by atoms with E-state index in [1.165, 1.54) is 6.07 Å². The minimum absolute atomic E-state index is 0.0779. The molecule has 0 aliphatic carbocycles. The molecule has 1 spiro atoms. The number of carbonyl (C=O) groups excluding carboxylic acids is 3. The van der Waals surface area contributed by atoms with E-state index in [1.807, 2.05) is 59.5 Å². The molecule has 11 heteroatoms. The number of hydrogen-bond acceptors (Lipinski definition) is 7. The predicted octanol–water partition coefficient (Wildman–Crippen LogP) is 3.55. The number of para-hydroxylation sites is 2. The van der Waals surface area contributed by atoms with Crippen LogP contribution in [0, 0.1) is 17.0 Å². The first-order valence-corrected chi connectivity index (χ1v) is 14.3. The van der Waals surface area contributed by atoms with Crippen LogP contribution in [0.2, 0.25) is 0 Å². The van der Waals surface area contributed by atoms with Crippen LogP contribution < -0.4 is 15.0 Å². The van der Waals surface area contributed by atoms with Crippen molar-refractivity contribution in [2.45, 2.75) is 31.7 Å². The van der Waals surface area contributed by atoms with Crippen LogP contribution in [0.4, 0.5) is 11.4 Å². The summed E-state index contributed by atoms with van der Waals surface area (Å²) < 4.78 is 5.39. The van der Waals surface area contributed by atoms with Gasteiger partial charge in [-0.05, 0) is 56.0 Å². The molecule has 0 unspecified atom stereocenters. The molecule has 43 heavy (non-hydrogen) atoms. The van der Waals surface area contributed by atoms with Crippen LogP contribution in [-0.4, -0.2) is 77.9 Å². The van der Waals surface area contributed by atoms with E-state index in [0.717, 1.165) is 17.0 Å². The van der Waals surface area contributed by atoms with Gasteiger partial charge in [0.1, 0.15) is 17.8 Å². The van der Waals surface area contributed by atoms with Crippen molar-refractivity contribution in [2.75, 3.05) is 44.9 Å². The third-order valence-corrected chi connectivity index (χ3v) is 8.36. The maximum Gasteiger partial charge on any atom is 0.273 e. The van der Waals surface area contributed by atoms with Crippen molar-refractivity contribution in [1.82, 2.24) is 15.1 Å². The third-order valence-electron chi connectivity index (χ3n) is 8.36. The smallest absolute Gasteiger partial charge is 0.273 e. The first-order valence-electron chi connectivity index (χ1n) is 14.3. The normalized spacial score (nSPS) is 16.0. The summed E-state index contributed by atoms with van der Waals surface area (Å²) in [4.78, 5) is 56.4. The first-order chi connectivity index (χ1) is 20.7. The third kappa shape index (κ3) is 6.01. The van der Waals surface area contributed by atoms with Crippen molar-refractivity contribution < 1.29 is 24.0 Å². The monoisotopic (exact) mass is 585 g/mol. The van der Waals surface area contributed by atoms with Crippen molar-refractivity contribution in [2.24, 2.45) is 0 Å². The lowest BCUT2D eigenvalue weighted by atomic mass is 9.85. The Kier molecular flexibility index (Phi) is 8.61. The van der Waals surface area contributed by atoms with Gasteiger partial charge in [0.2, 0.25) is 5.91 Å². The fourth-order valence-electron chi connectivity index (χ4n) is 6.00. The molecule has 0 bridgehead atoms. The molecule has 224 valence electrons. The summed E-state index contributed by atoms with van der Waals surface area (Å²) in [6.45, 7) is 2.81. The quantitative estimate of drug-likeness (QED) is 0.301. The molecule has 0 aromatic heterocycles. The molecule has 2 heterocycles. The van der Waals surface area contributed by atoms with Gasteiger partial charge in [-0.25, -0.2) is 0 Å². The summed E-state index contributed by atoms with van der Waals surface area (Å²) >= 11 is 0. The molecule has 0 radical (unpaired) electrons. The maximum absolute atomic E-state index is 14.0. The Morgan fingerprint density at radius 3 is 2.42 bits per heavy atom. The van der Waals surface area contributed by atoms with E-state index in [4.69, 9.17) is 4.74 Å².